The summed E-state index contributed by atoms with van der Waals surface area (Å²) in [4.78, 5) is 17.0. The molecule has 0 aromatic rings. The molecule has 0 spiro atoms. The van der Waals surface area contributed by atoms with Gasteiger partial charge in [-0.1, -0.05) is 12.1 Å². The van der Waals surface area contributed by atoms with E-state index in [9.17, 15) is 4.79 Å². The fourth-order valence-corrected chi connectivity index (χ4v) is 3.44. The lowest BCUT2D eigenvalue weighted by atomic mass is 9.61. The van der Waals surface area contributed by atoms with Gasteiger partial charge in [0.25, 0.3) is 0 Å². The van der Waals surface area contributed by atoms with E-state index in [4.69, 9.17) is 10.9 Å². The fraction of sp³-hybridized carbons (Fsp3) is 0.857. The summed E-state index contributed by atoms with van der Waals surface area (Å²) < 4.78 is 0. The number of amides is 1. The van der Waals surface area contributed by atoms with Crippen LogP contribution in [0, 0.1) is 11.3 Å². The highest BCUT2D eigenvalue weighted by molar-refractivity contribution is 6.07. The van der Waals surface area contributed by atoms with Crippen LogP contribution in [0.3, 0.4) is 0 Å². The number of hydrogen-bond donors (Lipinski definition) is 2. The number of rotatable bonds is 2. The zero-order valence-electron chi connectivity index (χ0n) is 12.9. The Bertz CT molecular complexity index is 427. The molecule has 6 heteroatoms. The molecule has 2 fully saturated rings. The molecule has 114 valence electrons. The highest BCUT2D eigenvalue weighted by Crippen LogP contribution is 2.47. The van der Waals surface area contributed by atoms with E-state index in [1.807, 2.05) is 4.90 Å². The zero-order chi connectivity index (χ0) is 15.1. The third-order valence-corrected chi connectivity index (χ3v) is 5.00. The first kappa shape index (κ1) is 15.1. The first-order valence-corrected chi connectivity index (χ1v) is 7.21. The SMILES string of the molecule is CC1CC(C(=O)N2CCN(C)C(C)(C)C2)(C(N)=NO)C1. The molecular formula is C14H26N4O2. The van der Waals surface area contributed by atoms with Crippen molar-refractivity contribution in [2.24, 2.45) is 22.2 Å². The monoisotopic (exact) mass is 282 g/mol. The molecule has 1 amide bonds. The first-order valence-electron chi connectivity index (χ1n) is 7.21. The molecule has 6 nitrogen and oxygen atoms in total. The van der Waals surface area contributed by atoms with Crippen LogP contribution in [0.2, 0.25) is 0 Å². The van der Waals surface area contributed by atoms with Crippen LogP contribution >= 0.6 is 0 Å². The summed E-state index contributed by atoms with van der Waals surface area (Å²) in [5, 5.41) is 12.1. The number of amidine groups is 1. The molecule has 0 radical (unpaired) electrons. The minimum Gasteiger partial charge on any atom is -0.409 e. The van der Waals surface area contributed by atoms with Crippen LogP contribution in [0.4, 0.5) is 0 Å². The summed E-state index contributed by atoms with van der Waals surface area (Å²) in [6, 6.07) is 0. The lowest BCUT2D eigenvalue weighted by Gasteiger charge is -2.51. The van der Waals surface area contributed by atoms with Crippen molar-refractivity contribution in [2.75, 3.05) is 26.7 Å². The van der Waals surface area contributed by atoms with E-state index in [-0.39, 0.29) is 17.3 Å². The zero-order valence-corrected chi connectivity index (χ0v) is 12.9. The molecule has 1 saturated heterocycles. The second kappa shape index (κ2) is 4.91. The predicted octanol–water partition coefficient (Wildman–Crippen LogP) is 0.702. The van der Waals surface area contributed by atoms with Gasteiger partial charge in [-0.25, -0.2) is 0 Å². The summed E-state index contributed by atoms with van der Waals surface area (Å²) in [7, 11) is 2.08. The second-order valence-electron chi connectivity index (χ2n) is 7.04. The Balaban J connectivity index is 2.18. The number of nitrogens with zero attached hydrogens (tertiary/aromatic N) is 3. The van der Waals surface area contributed by atoms with Gasteiger partial charge in [-0.2, -0.15) is 0 Å². The number of oxime groups is 1. The standard InChI is InChI=1S/C14H26N4O2/c1-10-7-14(8-10,11(15)16-20)12(19)18-6-5-17(4)13(2,3)9-18/h10,20H,5-9H2,1-4H3,(H2,15,16). The van der Waals surface area contributed by atoms with E-state index in [0.717, 1.165) is 6.54 Å². The van der Waals surface area contributed by atoms with Gasteiger partial charge in [-0.05, 0) is 39.7 Å². The minimum atomic E-state index is -0.778. The van der Waals surface area contributed by atoms with Crippen LogP contribution in [-0.4, -0.2) is 59.0 Å². The molecule has 1 aliphatic carbocycles. The molecule has 0 aromatic carbocycles. The largest absolute Gasteiger partial charge is 0.409 e. The number of carbonyl (C=O) groups is 1. The molecule has 1 aliphatic heterocycles. The van der Waals surface area contributed by atoms with Gasteiger partial charge >= 0.3 is 0 Å². The van der Waals surface area contributed by atoms with Crippen LogP contribution < -0.4 is 5.73 Å². The van der Waals surface area contributed by atoms with E-state index >= 15 is 0 Å². The molecule has 2 rings (SSSR count). The molecule has 0 bridgehead atoms. The highest BCUT2D eigenvalue weighted by atomic mass is 16.4. The van der Waals surface area contributed by atoms with Crippen molar-refractivity contribution >= 4 is 11.7 Å². The van der Waals surface area contributed by atoms with Crippen LogP contribution in [-0.2, 0) is 4.79 Å². The van der Waals surface area contributed by atoms with Crippen LogP contribution in [0.5, 0.6) is 0 Å². The summed E-state index contributed by atoms with van der Waals surface area (Å²) in [6.07, 6.45) is 1.35. The van der Waals surface area contributed by atoms with Crippen molar-refractivity contribution in [3.05, 3.63) is 0 Å². The summed E-state index contributed by atoms with van der Waals surface area (Å²) >= 11 is 0. The first-order chi connectivity index (χ1) is 9.23. The third-order valence-electron chi connectivity index (χ3n) is 5.00. The van der Waals surface area contributed by atoms with E-state index in [2.05, 4.69) is 37.9 Å². The van der Waals surface area contributed by atoms with Crippen molar-refractivity contribution in [3.8, 4) is 0 Å². The quantitative estimate of drug-likeness (QED) is 0.338. The number of hydrogen-bond acceptors (Lipinski definition) is 4. The molecule has 1 heterocycles. The van der Waals surface area contributed by atoms with E-state index in [1.54, 1.807) is 0 Å². The molecule has 20 heavy (non-hydrogen) atoms. The number of piperazine rings is 1. The Labute approximate surface area is 120 Å². The summed E-state index contributed by atoms with van der Waals surface area (Å²) in [5.41, 5.74) is 5.00. The summed E-state index contributed by atoms with van der Waals surface area (Å²) in [6.45, 7) is 8.58. The molecule has 1 saturated carbocycles. The highest BCUT2D eigenvalue weighted by Gasteiger charge is 2.54. The van der Waals surface area contributed by atoms with Gasteiger partial charge in [0.2, 0.25) is 5.91 Å². The number of nitrogens with two attached hydrogens (primary N) is 1. The predicted molar refractivity (Wildman–Crippen MR) is 77.5 cm³/mol. The lowest BCUT2D eigenvalue weighted by Crippen LogP contribution is -2.64. The van der Waals surface area contributed by atoms with Gasteiger partial charge in [-0.15, -0.1) is 0 Å². The Morgan fingerprint density at radius 3 is 2.40 bits per heavy atom. The van der Waals surface area contributed by atoms with Crippen molar-refractivity contribution in [2.45, 2.75) is 39.2 Å². The Kier molecular flexibility index (Phi) is 3.71. The van der Waals surface area contributed by atoms with Gasteiger partial charge in [-0.3, -0.25) is 9.69 Å². The fourth-order valence-electron chi connectivity index (χ4n) is 3.44. The number of carbonyl (C=O) groups excluding carboxylic acids is 1. The average molecular weight is 282 g/mol. The van der Waals surface area contributed by atoms with Gasteiger partial charge in [0.15, 0.2) is 5.84 Å². The maximum absolute atomic E-state index is 12.9. The van der Waals surface area contributed by atoms with Crippen molar-refractivity contribution in [3.63, 3.8) is 0 Å². The maximum Gasteiger partial charge on any atom is 0.236 e. The van der Waals surface area contributed by atoms with E-state index < -0.39 is 5.41 Å². The Morgan fingerprint density at radius 2 is 1.95 bits per heavy atom. The number of likely N-dealkylation sites (N-methyl/N-ethyl adjacent to an activating group) is 1. The third kappa shape index (κ3) is 2.26. The Hall–Kier alpha value is -1.30. The molecule has 2 aliphatic rings. The van der Waals surface area contributed by atoms with Crippen molar-refractivity contribution in [1.29, 1.82) is 0 Å². The normalized spacial score (nSPS) is 34.7. The second-order valence-corrected chi connectivity index (χ2v) is 7.04. The topological polar surface area (TPSA) is 82.2 Å². The van der Waals surface area contributed by atoms with E-state index in [1.165, 1.54) is 0 Å². The summed E-state index contributed by atoms with van der Waals surface area (Å²) in [5.74, 6) is 0.532. The molecule has 0 atom stereocenters. The Morgan fingerprint density at radius 1 is 1.35 bits per heavy atom. The van der Waals surface area contributed by atoms with Crippen LogP contribution in [0.15, 0.2) is 5.16 Å². The average Bonchev–Trinajstić information content (AvgIpc) is 2.36. The minimum absolute atomic E-state index is 0.0204. The molecule has 3 N–H and O–H groups in total. The van der Waals surface area contributed by atoms with Crippen molar-refractivity contribution in [1.82, 2.24) is 9.80 Å². The van der Waals surface area contributed by atoms with Gasteiger partial charge < -0.3 is 15.8 Å². The van der Waals surface area contributed by atoms with E-state index in [0.29, 0.717) is 31.8 Å². The molecular weight excluding hydrogens is 256 g/mol. The maximum atomic E-state index is 12.9. The van der Waals surface area contributed by atoms with Crippen LogP contribution in [0.1, 0.15) is 33.6 Å². The van der Waals surface area contributed by atoms with Crippen LogP contribution in [0.25, 0.3) is 0 Å². The van der Waals surface area contributed by atoms with Gasteiger partial charge in [0, 0.05) is 25.2 Å². The molecule has 0 aromatic heterocycles. The van der Waals surface area contributed by atoms with Gasteiger partial charge in [0.1, 0.15) is 5.41 Å². The lowest BCUT2D eigenvalue weighted by molar-refractivity contribution is -0.149. The van der Waals surface area contributed by atoms with Gasteiger partial charge in [0.05, 0.1) is 0 Å². The van der Waals surface area contributed by atoms with Crippen molar-refractivity contribution < 1.29 is 10.0 Å². The smallest absolute Gasteiger partial charge is 0.236 e. The molecule has 0 unspecified atom stereocenters.